The molecular weight excluding hydrogens is 384 g/mol. The second-order valence-corrected chi connectivity index (χ2v) is 6.87. The number of para-hydroxylation sites is 1. The fourth-order valence-corrected chi connectivity index (χ4v) is 3.57. The number of hydrogen-bond donors (Lipinski definition) is 2. The minimum absolute atomic E-state index is 0.321. The molecule has 0 aliphatic heterocycles. The lowest BCUT2D eigenvalue weighted by atomic mass is 10.0. The Morgan fingerprint density at radius 3 is 2.60 bits per heavy atom. The van der Waals surface area contributed by atoms with Gasteiger partial charge in [-0.3, -0.25) is 4.79 Å². The lowest BCUT2D eigenvalue weighted by molar-refractivity contribution is 0.0599. The number of rotatable bonds is 7. The van der Waals surface area contributed by atoms with Gasteiger partial charge in [0, 0.05) is 30.7 Å². The number of methoxy groups -OCH3 is 2. The number of imidazole rings is 1. The van der Waals surface area contributed by atoms with Crippen LogP contribution in [0.25, 0.3) is 0 Å². The molecule has 2 aromatic heterocycles. The van der Waals surface area contributed by atoms with Gasteiger partial charge in [-0.1, -0.05) is 25.1 Å². The number of nitrogens with zero attached hydrogens (tertiary/aromatic N) is 2. The van der Waals surface area contributed by atoms with Gasteiger partial charge in [0.25, 0.3) is 5.91 Å². The molecule has 1 unspecified atom stereocenters. The largest absolute Gasteiger partial charge is 0.496 e. The summed E-state index contributed by atoms with van der Waals surface area (Å²) in [5.41, 5.74) is 2.71. The third-order valence-electron chi connectivity index (χ3n) is 5.14. The van der Waals surface area contributed by atoms with Crippen molar-refractivity contribution in [2.75, 3.05) is 14.2 Å². The molecule has 3 aromatic rings. The van der Waals surface area contributed by atoms with Crippen molar-refractivity contribution in [3.05, 3.63) is 70.6 Å². The summed E-state index contributed by atoms with van der Waals surface area (Å²) in [6, 6.07) is 6.91. The molecule has 3 rings (SSSR count). The molecule has 0 saturated carbocycles. The van der Waals surface area contributed by atoms with E-state index in [0.29, 0.717) is 40.5 Å². The van der Waals surface area contributed by atoms with Crippen molar-refractivity contribution >= 4 is 11.9 Å². The van der Waals surface area contributed by atoms with Gasteiger partial charge in [-0.25, -0.2) is 9.78 Å². The van der Waals surface area contributed by atoms with Gasteiger partial charge in [0.2, 0.25) is 0 Å². The fourth-order valence-electron chi connectivity index (χ4n) is 3.57. The molecule has 8 heteroatoms. The van der Waals surface area contributed by atoms with E-state index in [0.717, 1.165) is 5.56 Å². The lowest BCUT2D eigenvalue weighted by Crippen LogP contribution is -2.32. The average Bonchev–Trinajstić information content (AvgIpc) is 3.34. The minimum atomic E-state index is -0.553. The summed E-state index contributed by atoms with van der Waals surface area (Å²) in [6.45, 7) is 3.64. The molecule has 30 heavy (non-hydrogen) atoms. The molecule has 2 N–H and O–H groups in total. The number of amides is 1. The van der Waals surface area contributed by atoms with E-state index in [1.165, 1.54) is 7.11 Å². The van der Waals surface area contributed by atoms with Crippen molar-refractivity contribution in [1.29, 1.82) is 0 Å². The van der Waals surface area contributed by atoms with Crippen molar-refractivity contribution in [2.45, 2.75) is 26.3 Å². The van der Waals surface area contributed by atoms with Crippen LogP contribution in [0.1, 0.15) is 56.5 Å². The number of nitrogens with one attached hydrogen (secondary N) is 2. The molecule has 1 aromatic carbocycles. The van der Waals surface area contributed by atoms with E-state index in [-0.39, 0.29) is 5.91 Å². The van der Waals surface area contributed by atoms with Gasteiger partial charge >= 0.3 is 5.97 Å². The zero-order valence-electron chi connectivity index (χ0n) is 17.8. The molecule has 0 spiro atoms. The number of carbonyl (C=O) groups excluding carboxylic acids is 2. The normalized spacial score (nSPS) is 11.8. The smallest absolute Gasteiger partial charge is 0.339 e. The van der Waals surface area contributed by atoms with Gasteiger partial charge < -0.3 is 24.3 Å². The van der Waals surface area contributed by atoms with Gasteiger partial charge in [0.05, 0.1) is 19.8 Å². The standard InChI is InChI=1S/C22H26N4O4/c1-6-15-17(22(28)30-5)13(2)18(24-15)21(27)25-19(20-23-11-12-26(20)3)14-9-7-8-10-16(14)29-4/h7-12,19,24H,6H2,1-5H3,(H,25,27). The molecule has 0 aliphatic carbocycles. The number of esters is 1. The van der Waals surface area contributed by atoms with Crippen molar-refractivity contribution in [3.8, 4) is 5.75 Å². The molecular formula is C22H26N4O4. The van der Waals surface area contributed by atoms with E-state index in [1.54, 1.807) is 20.2 Å². The van der Waals surface area contributed by atoms with Crippen LogP contribution in [0.15, 0.2) is 36.7 Å². The molecule has 0 bridgehead atoms. The summed E-state index contributed by atoms with van der Waals surface area (Å²) in [5.74, 6) is 0.473. The van der Waals surface area contributed by atoms with E-state index >= 15 is 0 Å². The highest BCUT2D eigenvalue weighted by atomic mass is 16.5. The highest BCUT2D eigenvalue weighted by Crippen LogP contribution is 2.30. The SMILES string of the molecule is CCc1[nH]c(C(=O)NC(c2ccccc2OC)c2nccn2C)c(C)c1C(=O)OC. The van der Waals surface area contributed by atoms with Crippen LogP contribution in [-0.2, 0) is 18.2 Å². The average molecular weight is 410 g/mol. The third-order valence-corrected chi connectivity index (χ3v) is 5.14. The second-order valence-electron chi connectivity index (χ2n) is 6.87. The Balaban J connectivity index is 2.04. The van der Waals surface area contributed by atoms with Gasteiger partial charge in [-0.05, 0) is 25.0 Å². The molecule has 8 nitrogen and oxygen atoms in total. The third kappa shape index (κ3) is 3.80. The van der Waals surface area contributed by atoms with Crippen LogP contribution in [0.3, 0.4) is 0 Å². The summed E-state index contributed by atoms with van der Waals surface area (Å²) >= 11 is 0. The molecule has 1 atom stereocenters. The Bertz CT molecular complexity index is 1070. The van der Waals surface area contributed by atoms with Crippen LogP contribution in [0.2, 0.25) is 0 Å². The highest BCUT2D eigenvalue weighted by molar-refractivity contribution is 6.00. The first-order chi connectivity index (χ1) is 14.4. The number of ether oxygens (including phenoxy) is 2. The summed E-state index contributed by atoms with van der Waals surface area (Å²) in [5, 5.41) is 3.04. The number of hydrogen-bond acceptors (Lipinski definition) is 5. The van der Waals surface area contributed by atoms with E-state index in [1.807, 2.05) is 49.0 Å². The van der Waals surface area contributed by atoms with E-state index in [9.17, 15) is 9.59 Å². The lowest BCUT2D eigenvalue weighted by Gasteiger charge is -2.21. The molecule has 158 valence electrons. The minimum Gasteiger partial charge on any atom is -0.496 e. The van der Waals surface area contributed by atoms with Gasteiger partial charge in [-0.15, -0.1) is 0 Å². The zero-order valence-corrected chi connectivity index (χ0v) is 17.8. The Hall–Kier alpha value is -3.55. The van der Waals surface area contributed by atoms with Crippen molar-refractivity contribution in [3.63, 3.8) is 0 Å². The molecule has 1 amide bonds. The van der Waals surface area contributed by atoms with Crippen LogP contribution in [0, 0.1) is 6.92 Å². The maximum absolute atomic E-state index is 13.3. The quantitative estimate of drug-likeness (QED) is 0.584. The fraction of sp³-hybridized carbons (Fsp3) is 0.318. The van der Waals surface area contributed by atoms with E-state index < -0.39 is 12.0 Å². The van der Waals surface area contributed by atoms with Gasteiger partial charge in [-0.2, -0.15) is 0 Å². The molecule has 0 radical (unpaired) electrons. The zero-order chi connectivity index (χ0) is 21.8. The van der Waals surface area contributed by atoms with Crippen LogP contribution < -0.4 is 10.1 Å². The number of benzene rings is 1. The Morgan fingerprint density at radius 2 is 2.00 bits per heavy atom. The Morgan fingerprint density at radius 1 is 1.27 bits per heavy atom. The van der Waals surface area contributed by atoms with E-state index in [2.05, 4.69) is 15.3 Å². The van der Waals surface area contributed by atoms with Crippen molar-refractivity contribution in [1.82, 2.24) is 19.9 Å². The predicted octanol–water partition coefficient (Wildman–Crippen LogP) is 2.93. The summed E-state index contributed by atoms with van der Waals surface area (Å²) in [7, 11) is 4.77. The maximum atomic E-state index is 13.3. The highest BCUT2D eigenvalue weighted by Gasteiger charge is 2.28. The van der Waals surface area contributed by atoms with Crippen LogP contribution >= 0.6 is 0 Å². The second kappa shape index (κ2) is 8.86. The summed E-state index contributed by atoms with van der Waals surface area (Å²) < 4.78 is 12.2. The van der Waals surface area contributed by atoms with Crippen LogP contribution in [0.5, 0.6) is 5.75 Å². The van der Waals surface area contributed by atoms with Crippen LogP contribution in [0.4, 0.5) is 0 Å². The molecule has 0 fully saturated rings. The number of carbonyl (C=O) groups is 2. The summed E-state index contributed by atoms with van der Waals surface area (Å²) in [6.07, 6.45) is 4.05. The molecule has 0 saturated heterocycles. The first-order valence-electron chi connectivity index (χ1n) is 9.63. The van der Waals surface area contributed by atoms with Crippen molar-refractivity contribution < 1.29 is 19.1 Å². The number of H-pyrrole nitrogens is 1. The Kier molecular flexibility index (Phi) is 6.25. The molecule has 2 heterocycles. The number of aromatic nitrogens is 3. The Labute approximate surface area is 175 Å². The first kappa shape index (κ1) is 21.2. The maximum Gasteiger partial charge on any atom is 0.339 e. The molecule has 0 aliphatic rings. The monoisotopic (exact) mass is 410 g/mol. The van der Waals surface area contributed by atoms with Gasteiger partial charge in [0.1, 0.15) is 23.3 Å². The predicted molar refractivity (Wildman–Crippen MR) is 112 cm³/mol. The topological polar surface area (TPSA) is 98.2 Å². The van der Waals surface area contributed by atoms with Gasteiger partial charge in [0.15, 0.2) is 0 Å². The van der Waals surface area contributed by atoms with E-state index in [4.69, 9.17) is 9.47 Å². The van der Waals surface area contributed by atoms with Crippen molar-refractivity contribution in [2.24, 2.45) is 7.05 Å². The van der Waals surface area contributed by atoms with Crippen LogP contribution in [-0.4, -0.2) is 40.6 Å². The first-order valence-corrected chi connectivity index (χ1v) is 9.63. The number of aromatic amines is 1. The summed E-state index contributed by atoms with van der Waals surface area (Å²) in [4.78, 5) is 33.0. The number of aryl methyl sites for hydroxylation is 2.